The van der Waals surface area contributed by atoms with Crippen LogP contribution < -0.4 is 5.56 Å². The first-order chi connectivity index (χ1) is 10.5. The molecule has 1 atom stereocenters. The van der Waals surface area contributed by atoms with Crippen molar-refractivity contribution in [3.8, 4) is 0 Å². The predicted octanol–water partition coefficient (Wildman–Crippen LogP) is 3.44. The molecule has 1 heterocycles. The third kappa shape index (κ3) is 2.99. The Kier molecular flexibility index (Phi) is 4.16. The summed E-state index contributed by atoms with van der Waals surface area (Å²) in [5.74, 6) is 0. The van der Waals surface area contributed by atoms with E-state index in [4.69, 9.17) is 23.2 Å². The van der Waals surface area contributed by atoms with Crippen LogP contribution in [0.4, 0.5) is 0 Å². The normalized spacial score (nSPS) is 12.5. The predicted molar refractivity (Wildman–Crippen MR) is 87.4 cm³/mol. The first-order valence-electron chi connectivity index (χ1n) is 6.63. The summed E-state index contributed by atoms with van der Waals surface area (Å²) in [6.07, 6.45) is 0.599. The van der Waals surface area contributed by atoms with E-state index in [0.717, 1.165) is 0 Å². The first kappa shape index (κ1) is 15.0. The van der Waals surface area contributed by atoms with Crippen molar-refractivity contribution in [1.82, 2.24) is 9.55 Å². The molecule has 22 heavy (non-hydrogen) atoms. The fourth-order valence-corrected chi connectivity index (χ4v) is 2.53. The second-order valence-electron chi connectivity index (χ2n) is 4.93. The van der Waals surface area contributed by atoms with E-state index in [-0.39, 0.29) is 12.1 Å². The average Bonchev–Trinajstić information content (AvgIpc) is 2.50. The Balaban J connectivity index is 1.93. The minimum atomic E-state index is -0.818. The van der Waals surface area contributed by atoms with E-state index in [1.165, 1.54) is 10.9 Å². The quantitative estimate of drug-likeness (QED) is 0.798. The Morgan fingerprint density at radius 3 is 2.50 bits per heavy atom. The molecular weight excluding hydrogens is 323 g/mol. The Labute approximate surface area is 136 Å². The fraction of sp³-hybridized carbons (Fsp3) is 0.125. The van der Waals surface area contributed by atoms with E-state index in [1.807, 2.05) is 0 Å². The number of fused-ring (bicyclic) bond motifs is 1. The number of benzene rings is 2. The SMILES string of the molecule is O=c1c2ccc(Cl)cc2ncn1CC(O)c1ccc(Cl)cc1. The molecule has 0 radical (unpaired) electrons. The van der Waals surface area contributed by atoms with Crippen molar-refractivity contribution in [2.45, 2.75) is 12.6 Å². The van der Waals surface area contributed by atoms with Gasteiger partial charge < -0.3 is 5.11 Å². The van der Waals surface area contributed by atoms with Crippen LogP contribution in [0.1, 0.15) is 11.7 Å². The third-order valence-electron chi connectivity index (χ3n) is 3.41. The minimum Gasteiger partial charge on any atom is -0.387 e. The van der Waals surface area contributed by atoms with Crippen LogP contribution in [0.15, 0.2) is 53.6 Å². The largest absolute Gasteiger partial charge is 0.387 e. The Morgan fingerprint density at radius 2 is 1.77 bits per heavy atom. The highest BCUT2D eigenvalue weighted by Crippen LogP contribution is 2.18. The molecule has 0 fully saturated rings. The van der Waals surface area contributed by atoms with Gasteiger partial charge in [0.2, 0.25) is 0 Å². The fourth-order valence-electron chi connectivity index (χ4n) is 2.24. The van der Waals surface area contributed by atoms with Crippen molar-refractivity contribution in [3.63, 3.8) is 0 Å². The maximum atomic E-state index is 12.4. The van der Waals surface area contributed by atoms with Crippen LogP contribution in [-0.2, 0) is 6.54 Å². The van der Waals surface area contributed by atoms with Crippen LogP contribution in [0.5, 0.6) is 0 Å². The lowest BCUT2D eigenvalue weighted by molar-refractivity contribution is 0.155. The highest BCUT2D eigenvalue weighted by atomic mass is 35.5. The number of halogens is 2. The molecule has 1 N–H and O–H groups in total. The van der Waals surface area contributed by atoms with E-state index in [9.17, 15) is 9.90 Å². The molecule has 112 valence electrons. The Bertz CT molecular complexity index is 875. The summed E-state index contributed by atoms with van der Waals surface area (Å²) < 4.78 is 1.38. The van der Waals surface area contributed by atoms with Crippen molar-refractivity contribution in [1.29, 1.82) is 0 Å². The molecule has 3 aromatic rings. The average molecular weight is 335 g/mol. The number of hydrogen-bond acceptors (Lipinski definition) is 3. The molecule has 0 saturated heterocycles. The van der Waals surface area contributed by atoms with Crippen LogP contribution in [0.25, 0.3) is 10.9 Å². The van der Waals surface area contributed by atoms with Crippen molar-refractivity contribution in [2.24, 2.45) is 0 Å². The Morgan fingerprint density at radius 1 is 1.09 bits per heavy atom. The summed E-state index contributed by atoms with van der Waals surface area (Å²) in [6, 6.07) is 11.8. The van der Waals surface area contributed by atoms with Gasteiger partial charge in [0.15, 0.2) is 0 Å². The lowest BCUT2D eigenvalue weighted by Gasteiger charge is -2.13. The monoisotopic (exact) mass is 334 g/mol. The summed E-state index contributed by atoms with van der Waals surface area (Å²) in [4.78, 5) is 16.6. The highest BCUT2D eigenvalue weighted by Gasteiger charge is 2.11. The number of rotatable bonds is 3. The van der Waals surface area contributed by atoms with E-state index in [0.29, 0.717) is 26.5 Å². The minimum absolute atomic E-state index is 0.117. The summed E-state index contributed by atoms with van der Waals surface area (Å²) in [7, 11) is 0. The first-order valence-corrected chi connectivity index (χ1v) is 7.38. The van der Waals surface area contributed by atoms with Gasteiger partial charge in [-0.05, 0) is 35.9 Å². The smallest absolute Gasteiger partial charge is 0.261 e. The molecule has 3 rings (SSSR count). The van der Waals surface area contributed by atoms with Crippen molar-refractivity contribution >= 4 is 34.1 Å². The van der Waals surface area contributed by atoms with Gasteiger partial charge >= 0.3 is 0 Å². The van der Waals surface area contributed by atoms with E-state index in [1.54, 1.807) is 42.5 Å². The van der Waals surface area contributed by atoms with Crippen molar-refractivity contribution in [3.05, 3.63) is 74.8 Å². The molecule has 0 aliphatic carbocycles. The lowest BCUT2D eigenvalue weighted by Crippen LogP contribution is -2.23. The van der Waals surface area contributed by atoms with Crippen LogP contribution in [0.2, 0.25) is 10.0 Å². The summed E-state index contributed by atoms with van der Waals surface area (Å²) in [6.45, 7) is 0.117. The summed E-state index contributed by atoms with van der Waals surface area (Å²) in [5, 5.41) is 11.8. The molecule has 6 heteroatoms. The van der Waals surface area contributed by atoms with Crippen LogP contribution in [0, 0.1) is 0 Å². The van der Waals surface area contributed by atoms with Crippen molar-refractivity contribution in [2.75, 3.05) is 0 Å². The molecule has 1 unspecified atom stereocenters. The van der Waals surface area contributed by atoms with Gasteiger partial charge in [0.1, 0.15) is 0 Å². The van der Waals surface area contributed by atoms with Gasteiger partial charge in [-0.1, -0.05) is 35.3 Å². The van der Waals surface area contributed by atoms with Gasteiger partial charge in [0.25, 0.3) is 5.56 Å². The molecule has 0 spiro atoms. The molecule has 2 aromatic carbocycles. The van der Waals surface area contributed by atoms with Gasteiger partial charge in [0.05, 0.1) is 29.9 Å². The number of hydrogen-bond donors (Lipinski definition) is 1. The zero-order valence-electron chi connectivity index (χ0n) is 11.4. The van der Waals surface area contributed by atoms with Gasteiger partial charge in [0, 0.05) is 10.0 Å². The van der Waals surface area contributed by atoms with Crippen LogP contribution >= 0.6 is 23.2 Å². The van der Waals surface area contributed by atoms with Gasteiger partial charge in [-0.25, -0.2) is 4.98 Å². The molecule has 0 saturated carbocycles. The standard InChI is InChI=1S/C16H12Cl2N2O2/c17-11-3-1-10(2-4-11)15(21)8-20-9-19-14-7-12(18)5-6-13(14)16(20)22/h1-7,9,15,21H,8H2. The second kappa shape index (κ2) is 6.08. The molecule has 0 aliphatic rings. The molecule has 1 aromatic heterocycles. The topological polar surface area (TPSA) is 55.1 Å². The second-order valence-corrected chi connectivity index (χ2v) is 5.80. The van der Waals surface area contributed by atoms with E-state index >= 15 is 0 Å². The zero-order chi connectivity index (χ0) is 15.7. The zero-order valence-corrected chi connectivity index (χ0v) is 12.9. The summed E-state index contributed by atoms with van der Waals surface area (Å²) >= 11 is 11.7. The summed E-state index contributed by atoms with van der Waals surface area (Å²) in [5.41, 5.74) is 1.01. The number of nitrogens with zero attached hydrogens (tertiary/aromatic N) is 2. The maximum Gasteiger partial charge on any atom is 0.261 e. The number of aliphatic hydroxyl groups is 1. The lowest BCUT2D eigenvalue weighted by atomic mass is 10.1. The number of aliphatic hydroxyl groups excluding tert-OH is 1. The van der Waals surface area contributed by atoms with Crippen LogP contribution in [-0.4, -0.2) is 14.7 Å². The van der Waals surface area contributed by atoms with Gasteiger partial charge in [-0.3, -0.25) is 9.36 Å². The molecule has 0 aliphatic heterocycles. The Hall–Kier alpha value is -1.88. The third-order valence-corrected chi connectivity index (χ3v) is 3.90. The number of aromatic nitrogens is 2. The molecule has 0 amide bonds. The molecule has 4 nitrogen and oxygen atoms in total. The highest BCUT2D eigenvalue weighted by molar-refractivity contribution is 6.31. The maximum absolute atomic E-state index is 12.4. The molecule has 0 bridgehead atoms. The molecular formula is C16H12Cl2N2O2. The van der Waals surface area contributed by atoms with Crippen molar-refractivity contribution < 1.29 is 5.11 Å². The van der Waals surface area contributed by atoms with Gasteiger partial charge in [-0.2, -0.15) is 0 Å². The van der Waals surface area contributed by atoms with E-state index in [2.05, 4.69) is 4.98 Å². The van der Waals surface area contributed by atoms with Gasteiger partial charge in [-0.15, -0.1) is 0 Å². The van der Waals surface area contributed by atoms with E-state index < -0.39 is 6.10 Å². The van der Waals surface area contributed by atoms with Crippen LogP contribution in [0.3, 0.4) is 0 Å².